The minimum absolute atomic E-state index is 0.191. The van der Waals surface area contributed by atoms with Gasteiger partial charge in [0.2, 0.25) is 11.8 Å². The van der Waals surface area contributed by atoms with E-state index in [4.69, 9.17) is 4.74 Å². The van der Waals surface area contributed by atoms with Crippen molar-refractivity contribution in [1.29, 1.82) is 0 Å². The molecule has 36 heavy (non-hydrogen) atoms. The first-order valence-corrected chi connectivity index (χ1v) is 11.6. The van der Waals surface area contributed by atoms with E-state index in [-0.39, 0.29) is 18.8 Å². The molecular formula is C27H28FN5O3. The molecule has 0 saturated carbocycles. The lowest BCUT2D eigenvalue weighted by molar-refractivity contribution is -0.127. The third-order valence-electron chi connectivity index (χ3n) is 5.91. The molecule has 0 unspecified atom stereocenters. The van der Waals surface area contributed by atoms with Crippen molar-refractivity contribution >= 4 is 28.5 Å². The number of halogens is 1. The van der Waals surface area contributed by atoms with Gasteiger partial charge in [0.1, 0.15) is 23.9 Å². The third kappa shape index (κ3) is 5.41. The van der Waals surface area contributed by atoms with Gasteiger partial charge in [0, 0.05) is 19.3 Å². The number of anilines is 1. The van der Waals surface area contributed by atoms with Crippen LogP contribution in [0.1, 0.15) is 22.7 Å². The van der Waals surface area contributed by atoms with Crippen LogP contribution in [0.3, 0.4) is 0 Å². The number of carbonyl (C=O) groups is 2. The SMILES string of the molecule is COCCNC(=O)[C@@H](c1ccc(C)cc1)N(C(=O)Cn1nnc2ccccc21)c1ccc(C)c(F)c1. The largest absolute Gasteiger partial charge is 0.383 e. The fourth-order valence-electron chi connectivity index (χ4n) is 3.95. The zero-order valence-corrected chi connectivity index (χ0v) is 20.4. The molecule has 1 heterocycles. The predicted octanol–water partition coefficient (Wildman–Crippen LogP) is 3.72. The highest BCUT2D eigenvalue weighted by Crippen LogP contribution is 2.30. The van der Waals surface area contributed by atoms with E-state index < -0.39 is 23.7 Å². The maximum Gasteiger partial charge on any atom is 0.249 e. The first-order valence-electron chi connectivity index (χ1n) is 11.6. The highest BCUT2D eigenvalue weighted by atomic mass is 19.1. The number of nitrogens with zero attached hydrogens (tertiary/aromatic N) is 4. The second-order valence-electron chi connectivity index (χ2n) is 8.53. The fourth-order valence-corrected chi connectivity index (χ4v) is 3.95. The molecule has 186 valence electrons. The molecule has 1 atom stereocenters. The number of aryl methyl sites for hydroxylation is 2. The smallest absolute Gasteiger partial charge is 0.249 e. The van der Waals surface area contributed by atoms with Gasteiger partial charge < -0.3 is 10.1 Å². The van der Waals surface area contributed by atoms with Gasteiger partial charge in [-0.25, -0.2) is 9.07 Å². The van der Waals surface area contributed by atoms with Crippen LogP contribution in [-0.2, 0) is 20.9 Å². The van der Waals surface area contributed by atoms with Gasteiger partial charge in [-0.2, -0.15) is 0 Å². The maximum absolute atomic E-state index is 14.7. The molecule has 0 spiro atoms. The third-order valence-corrected chi connectivity index (χ3v) is 5.91. The van der Waals surface area contributed by atoms with E-state index in [2.05, 4.69) is 15.6 Å². The van der Waals surface area contributed by atoms with Crippen LogP contribution in [0, 0.1) is 19.7 Å². The molecule has 0 aliphatic rings. The van der Waals surface area contributed by atoms with E-state index in [0.29, 0.717) is 28.8 Å². The van der Waals surface area contributed by atoms with Crippen LogP contribution in [0.2, 0.25) is 0 Å². The monoisotopic (exact) mass is 489 g/mol. The molecule has 0 saturated heterocycles. The van der Waals surface area contributed by atoms with Crippen LogP contribution in [0.25, 0.3) is 11.0 Å². The Bertz CT molecular complexity index is 1370. The van der Waals surface area contributed by atoms with Crippen molar-refractivity contribution in [3.05, 3.63) is 89.2 Å². The summed E-state index contributed by atoms with van der Waals surface area (Å²) in [4.78, 5) is 28.7. The maximum atomic E-state index is 14.7. The molecule has 0 bridgehead atoms. The number of hydrogen-bond acceptors (Lipinski definition) is 5. The molecule has 1 N–H and O–H groups in total. The summed E-state index contributed by atoms with van der Waals surface area (Å²) < 4.78 is 21.2. The average molecular weight is 490 g/mol. The lowest BCUT2D eigenvalue weighted by Gasteiger charge is -2.32. The first-order chi connectivity index (χ1) is 17.4. The molecule has 4 rings (SSSR count). The van der Waals surface area contributed by atoms with Crippen LogP contribution in [0.5, 0.6) is 0 Å². The molecule has 4 aromatic rings. The van der Waals surface area contributed by atoms with Crippen LogP contribution in [-0.4, -0.2) is 47.1 Å². The molecular weight excluding hydrogens is 461 g/mol. The van der Waals surface area contributed by atoms with Crippen molar-refractivity contribution in [2.75, 3.05) is 25.2 Å². The van der Waals surface area contributed by atoms with Crippen LogP contribution in [0.15, 0.2) is 66.7 Å². The predicted molar refractivity (Wildman–Crippen MR) is 135 cm³/mol. The van der Waals surface area contributed by atoms with Gasteiger partial charge in [0.05, 0.1) is 12.1 Å². The summed E-state index contributed by atoms with van der Waals surface area (Å²) in [5.74, 6) is -1.32. The molecule has 2 amide bonds. The van der Waals surface area contributed by atoms with E-state index in [0.717, 1.165) is 5.56 Å². The summed E-state index contributed by atoms with van der Waals surface area (Å²) in [5, 5.41) is 11.1. The van der Waals surface area contributed by atoms with Gasteiger partial charge in [-0.15, -0.1) is 5.10 Å². The number of carbonyl (C=O) groups excluding carboxylic acids is 2. The van der Waals surface area contributed by atoms with Gasteiger partial charge in [0.15, 0.2) is 0 Å². The summed E-state index contributed by atoms with van der Waals surface area (Å²) in [5.41, 5.74) is 3.62. The van der Waals surface area contributed by atoms with E-state index in [1.165, 1.54) is 22.8 Å². The van der Waals surface area contributed by atoms with Crippen molar-refractivity contribution in [3.63, 3.8) is 0 Å². The Morgan fingerprint density at radius 2 is 1.83 bits per heavy atom. The molecule has 8 nitrogen and oxygen atoms in total. The fraction of sp³-hybridized carbons (Fsp3) is 0.259. The van der Waals surface area contributed by atoms with Crippen molar-refractivity contribution in [2.45, 2.75) is 26.4 Å². The first kappa shape index (κ1) is 25.0. The highest BCUT2D eigenvalue weighted by Gasteiger charge is 2.33. The zero-order valence-electron chi connectivity index (χ0n) is 20.4. The van der Waals surface area contributed by atoms with Crippen LogP contribution < -0.4 is 10.2 Å². The Morgan fingerprint density at radius 3 is 2.56 bits per heavy atom. The number of fused-ring (bicyclic) bond motifs is 1. The number of aromatic nitrogens is 3. The lowest BCUT2D eigenvalue weighted by Crippen LogP contribution is -2.46. The van der Waals surface area contributed by atoms with Crippen molar-refractivity contribution in [1.82, 2.24) is 20.3 Å². The minimum Gasteiger partial charge on any atom is -0.383 e. The van der Waals surface area contributed by atoms with Gasteiger partial charge in [-0.3, -0.25) is 14.5 Å². The summed E-state index contributed by atoms with van der Waals surface area (Å²) in [6, 6.07) is 18.1. The lowest BCUT2D eigenvalue weighted by atomic mass is 10.0. The van der Waals surface area contributed by atoms with E-state index >= 15 is 0 Å². The van der Waals surface area contributed by atoms with Gasteiger partial charge >= 0.3 is 0 Å². The molecule has 0 radical (unpaired) electrons. The van der Waals surface area contributed by atoms with Crippen molar-refractivity contribution in [2.24, 2.45) is 0 Å². The number of amides is 2. The molecule has 3 aromatic carbocycles. The molecule has 0 aliphatic heterocycles. The Kier molecular flexibility index (Phi) is 7.70. The Labute approximate surface area is 208 Å². The quantitative estimate of drug-likeness (QED) is 0.362. The zero-order chi connectivity index (χ0) is 25.7. The van der Waals surface area contributed by atoms with E-state index in [9.17, 15) is 14.0 Å². The molecule has 0 aliphatic carbocycles. The van der Waals surface area contributed by atoms with Gasteiger partial charge in [-0.1, -0.05) is 53.2 Å². The van der Waals surface area contributed by atoms with Crippen molar-refractivity contribution < 1.29 is 18.7 Å². The minimum atomic E-state index is -1.05. The molecule has 0 fully saturated rings. The summed E-state index contributed by atoms with van der Waals surface area (Å²) in [6.45, 7) is 3.96. The standard InChI is InChI=1S/C27H28FN5O3/c1-18-8-11-20(12-9-18)26(27(35)29-14-15-36-3)33(21-13-10-19(2)22(28)16-21)25(34)17-32-24-7-5-4-6-23(24)30-31-32/h4-13,16,26H,14-15,17H2,1-3H3,(H,29,35)/t26-/m1/s1. The number of benzene rings is 3. The number of para-hydroxylation sites is 1. The van der Waals surface area contributed by atoms with Crippen LogP contribution >= 0.6 is 0 Å². The number of methoxy groups -OCH3 is 1. The highest BCUT2D eigenvalue weighted by molar-refractivity contribution is 6.01. The van der Waals surface area contributed by atoms with Crippen molar-refractivity contribution in [3.8, 4) is 0 Å². The van der Waals surface area contributed by atoms with Crippen LogP contribution in [0.4, 0.5) is 10.1 Å². The molecule has 1 aromatic heterocycles. The number of rotatable bonds is 9. The van der Waals surface area contributed by atoms with Gasteiger partial charge in [0.25, 0.3) is 0 Å². The second kappa shape index (κ2) is 11.1. The average Bonchev–Trinajstić information content (AvgIpc) is 3.27. The Morgan fingerprint density at radius 1 is 1.08 bits per heavy atom. The van der Waals surface area contributed by atoms with E-state index in [1.807, 2.05) is 37.3 Å². The van der Waals surface area contributed by atoms with Gasteiger partial charge in [-0.05, 0) is 49.2 Å². The summed E-state index contributed by atoms with van der Waals surface area (Å²) in [7, 11) is 1.54. The molecule has 9 heteroatoms. The number of nitrogens with one attached hydrogen (secondary N) is 1. The second-order valence-corrected chi connectivity index (χ2v) is 8.53. The normalized spacial score (nSPS) is 11.9. The number of ether oxygens (including phenoxy) is 1. The number of hydrogen-bond donors (Lipinski definition) is 1. The Balaban J connectivity index is 1.79. The summed E-state index contributed by atoms with van der Waals surface area (Å²) >= 11 is 0. The Hall–Kier alpha value is -4.11. The van der Waals surface area contributed by atoms with E-state index in [1.54, 1.807) is 37.3 Å². The topological polar surface area (TPSA) is 89.4 Å². The summed E-state index contributed by atoms with van der Waals surface area (Å²) in [6.07, 6.45) is 0.